The van der Waals surface area contributed by atoms with Crippen molar-refractivity contribution in [2.24, 2.45) is 4.99 Å². The fraction of sp³-hybridized carbons (Fsp3) is 0.278. The van der Waals surface area contributed by atoms with Crippen molar-refractivity contribution in [1.29, 1.82) is 0 Å². The Labute approximate surface area is 153 Å². The zero-order valence-corrected chi connectivity index (χ0v) is 15.4. The van der Waals surface area contributed by atoms with E-state index in [1.165, 1.54) is 11.1 Å². The van der Waals surface area contributed by atoms with Crippen LogP contribution in [0.3, 0.4) is 0 Å². The molecule has 0 radical (unpaired) electrons. The van der Waals surface area contributed by atoms with Crippen LogP contribution in [0, 0.1) is 6.92 Å². The first-order chi connectivity index (χ1) is 12.3. The number of rotatable bonds is 4. The lowest BCUT2D eigenvalue weighted by atomic mass is 10.00. The molecular weight excluding hydrogens is 356 g/mol. The Bertz CT molecular complexity index is 873. The molecule has 0 saturated heterocycles. The van der Waals surface area contributed by atoms with Gasteiger partial charge in [0, 0.05) is 12.1 Å². The van der Waals surface area contributed by atoms with Crippen LogP contribution >= 0.6 is 0 Å². The van der Waals surface area contributed by atoms with E-state index >= 15 is 0 Å². The number of ether oxygens (including phenoxy) is 1. The molecule has 1 atom stereocenters. The summed E-state index contributed by atoms with van der Waals surface area (Å²) in [6.45, 7) is 5.90. The molecule has 1 heterocycles. The molecule has 8 heteroatoms. The highest BCUT2D eigenvalue weighted by Gasteiger charge is 2.17. The molecule has 140 valence electrons. The summed E-state index contributed by atoms with van der Waals surface area (Å²) in [6.07, 6.45) is -0.0577. The van der Waals surface area contributed by atoms with Gasteiger partial charge in [0.15, 0.2) is 6.10 Å². The first-order valence-corrected chi connectivity index (χ1v) is 9.45. The zero-order valence-electron chi connectivity index (χ0n) is 14.6. The van der Waals surface area contributed by atoms with Gasteiger partial charge in [0.25, 0.3) is 0 Å². The van der Waals surface area contributed by atoms with Crippen molar-refractivity contribution in [1.82, 2.24) is 5.32 Å². The second kappa shape index (κ2) is 8.79. The molecule has 2 aromatic rings. The maximum absolute atomic E-state index is 8.74. The number of amidine groups is 1. The third kappa shape index (κ3) is 6.14. The number of nitrogens with zero attached hydrogens (tertiary/aromatic N) is 1. The first kappa shape index (κ1) is 19.9. The predicted molar refractivity (Wildman–Crippen MR) is 101 cm³/mol. The van der Waals surface area contributed by atoms with Gasteiger partial charge in [-0.15, -0.1) is 0 Å². The molecule has 0 saturated carbocycles. The van der Waals surface area contributed by atoms with Crippen LogP contribution in [0.15, 0.2) is 53.5 Å². The van der Waals surface area contributed by atoms with E-state index in [1.807, 2.05) is 25.1 Å². The van der Waals surface area contributed by atoms with Crippen molar-refractivity contribution < 1.29 is 22.3 Å². The predicted octanol–water partition coefficient (Wildman–Crippen LogP) is 2.78. The fourth-order valence-corrected chi connectivity index (χ4v) is 2.60. The van der Waals surface area contributed by atoms with Gasteiger partial charge in [-0.1, -0.05) is 42.5 Å². The number of nitrogens with one attached hydrogen (secondary N) is 1. The normalized spacial score (nSPS) is 14.5. The van der Waals surface area contributed by atoms with Crippen molar-refractivity contribution >= 4 is 16.2 Å². The second-order valence-corrected chi connectivity index (χ2v) is 6.61. The molecule has 0 aromatic heterocycles. The van der Waals surface area contributed by atoms with Crippen LogP contribution in [-0.2, 0) is 10.4 Å². The van der Waals surface area contributed by atoms with E-state index in [0.717, 1.165) is 30.2 Å². The quantitative estimate of drug-likeness (QED) is 0.706. The van der Waals surface area contributed by atoms with Gasteiger partial charge in [0.2, 0.25) is 0 Å². The van der Waals surface area contributed by atoms with E-state index in [4.69, 9.17) is 22.3 Å². The lowest BCUT2D eigenvalue weighted by molar-refractivity contribution is 0.285. The summed E-state index contributed by atoms with van der Waals surface area (Å²) in [5.41, 5.74) is 3.58. The van der Waals surface area contributed by atoms with Gasteiger partial charge >= 0.3 is 10.4 Å². The average Bonchev–Trinajstić information content (AvgIpc) is 3.09. The topological polar surface area (TPSA) is 108 Å². The molecular formula is C18H22N2O5S. The summed E-state index contributed by atoms with van der Waals surface area (Å²) in [5.74, 6) is 1.84. The summed E-state index contributed by atoms with van der Waals surface area (Å²) in [6, 6.07) is 16.6. The number of hydrogen-bond donors (Lipinski definition) is 3. The van der Waals surface area contributed by atoms with Gasteiger partial charge in [-0.3, -0.25) is 14.1 Å². The van der Waals surface area contributed by atoms with Gasteiger partial charge in [0.1, 0.15) is 11.6 Å². The van der Waals surface area contributed by atoms with Crippen molar-refractivity contribution in [2.45, 2.75) is 20.0 Å². The van der Waals surface area contributed by atoms with Crippen LogP contribution in [-0.4, -0.2) is 42.6 Å². The summed E-state index contributed by atoms with van der Waals surface area (Å²) in [4.78, 5) is 4.43. The highest BCUT2D eigenvalue weighted by molar-refractivity contribution is 7.79. The summed E-state index contributed by atoms with van der Waals surface area (Å²) in [5, 5.41) is 3.27. The van der Waals surface area contributed by atoms with E-state index in [1.54, 1.807) is 0 Å². The van der Waals surface area contributed by atoms with E-state index in [9.17, 15) is 0 Å². The van der Waals surface area contributed by atoms with Crippen LogP contribution in [0.5, 0.6) is 5.75 Å². The lowest BCUT2D eigenvalue weighted by Gasteiger charge is -2.18. The van der Waals surface area contributed by atoms with Crippen molar-refractivity contribution in [3.63, 3.8) is 0 Å². The molecule has 2 aromatic carbocycles. The lowest BCUT2D eigenvalue weighted by Crippen LogP contribution is -2.33. The molecule has 1 unspecified atom stereocenters. The van der Waals surface area contributed by atoms with Crippen LogP contribution < -0.4 is 10.1 Å². The Hall–Kier alpha value is -2.42. The number of aryl methyl sites for hydroxylation is 1. The van der Waals surface area contributed by atoms with Crippen LogP contribution in [0.2, 0.25) is 0 Å². The van der Waals surface area contributed by atoms with Crippen molar-refractivity contribution in [3.05, 3.63) is 54.1 Å². The maximum Gasteiger partial charge on any atom is 0.394 e. The molecule has 0 bridgehead atoms. The van der Waals surface area contributed by atoms with Gasteiger partial charge in [-0.25, -0.2) is 0 Å². The maximum atomic E-state index is 8.74. The number of aliphatic imine (C=N–C) groups is 1. The van der Waals surface area contributed by atoms with Crippen LogP contribution in [0.4, 0.5) is 0 Å². The molecule has 3 N–H and O–H groups in total. The minimum absolute atomic E-state index is 0.0577. The number of para-hydroxylation sites is 1. The van der Waals surface area contributed by atoms with Gasteiger partial charge in [0.05, 0.1) is 6.54 Å². The Morgan fingerprint density at radius 3 is 2.23 bits per heavy atom. The van der Waals surface area contributed by atoms with Gasteiger partial charge < -0.3 is 10.1 Å². The van der Waals surface area contributed by atoms with E-state index in [-0.39, 0.29) is 6.10 Å². The fourth-order valence-electron chi connectivity index (χ4n) is 2.60. The summed E-state index contributed by atoms with van der Waals surface area (Å²) >= 11 is 0. The molecule has 1 aliphatic rings. The van der Waals surface area contributed by atoms with Gasteiger partial charge in [-0.2, -0.15) is 8.42 Å². The van der Waals surface area contributed by atoms with Crippen LogP contribution in [0.25, 0.3) is 11.1 Å². The average molecular weight is 378 g/mol. The Morgan fingerprint density at radius 2 is 1.65 bits per heavy atom. The summed E-state index contributed by atoms with van der Waals surface area (Å²) in [7, 11) is -4.67. The number of hydrogen-bond acceptors (Lipinski definition) is 5. The SMILES string of the molecule is Cc1ccccc1-c1ccccc1OC(C)C1=NCCN1.O=S(=O)(O)O. The largest absolute Gasteiger partial charge is 0.482 e. The minimum atomic E-state index is -4.67. The Morgan fingerprint density at radius 1 is 1.08 bits per heavy atom. The van der Waals surface area contributed by atoms with Crippen molar-refractivity contribution in [2.75, 3.05) is 13.1 Å². The van der Waals surface area contributed by atoms with Crippen LogP contribution in [0.1, 0.15) is 12.5 Å². The third-order valence-electron chi connectivity index (χ3n) is 3.71. The molecule has 26 heavy (non-hydrogen) atoms. The third-order valence-corrected chi connectivity index (χ3v) is 3.71. The molecule has 3 rings (SSSR count). The molecule has 1 aliphatic heterocycles. The summed E-state index contributed by atoms with van der Waals surface area (Å²) < 4.78 is 37.7. The minimum Gasteiger partial charge on any atom is -0.482 e. The second-order valence-electron chi connectivity index (χ2n) is 5.71. The molecule has 0 spiro atoms. The Kier molecular flexibility index (Phi) is 6.73. The highest BCUT2D eigenvalue weighted by Crippen LogP contribution is 2.32. The van der Waals surface area contributed by atoms with Crippen molar-refractivity contribution in [3.8, 4) is 16.9 Å². The molecule has 0 aliphatic carbocycles. The Balaban J connectivity index is 0.000000431. The first-order valence-electron chi connectivity index (χ1n) is 8.05. The number of benzene rings is 2. The smallest absolute Gasteiger partial charge is 0.394 e. The molecule has 0 fully saturated rings. The van der Waals surface area contributed by atoms with Gasteiger partial charge in [-0.05, 0) is 31.0 Å². The zero-order chi connectivity index (χ0) is 19.2. The monoisotopic (exact) mass is 378 g/mol. The highest BCUT2D eigenvalue weighted by atomic mass is 32.3. The molecule has 0 amide bonds. The molecule has 7 nitrogen and oxygen atoms in total. The van der Waals surface area contributed by atoms with E-state index < -0.39 is 10.4 Å². The van der Waals surface area contributed by atoms with E-state index in [2.05, 4.69) is 47.6 Å². The van der Waals surface area contributed by atoms with E-state index in [0.29, 0.717) is 0 Å². The standard InChI is InChI=1S/C18H20N2O.H2O4S/c1-13-7-3-4-8-15(13)16-9-5-6-10-17(16)21-14(2)18-19-11-12-20-18;1-5(2,3)4/h3-10,14H,11-12H2,1-2H3,(H,19,20);(H2,1,2,3,4).